The van der Waals surface area contributed by atoms with Crippen molar-refractivity contribution < 1.29 is 13.5 Å². The van der Waals surface area contributed by atoms with E-state index in [4.69, 9.17) is 5.11 Å². The van der Waals surface area contributed by atoms with Crippen molar-refractivity contribution in [3.05, 3.63) is 48.3 Å². The van der Waals surface area contributed by atoms with E-state index in [-0.39, 0.29) is 18.0 Å². The summed E-state index contributed by atoms with van der Waals surface area (Å²) in [4.78, 5) is 0.121. The van der Waals surface area contributed by atoms with E-state index in [0.29, 0.717) is 6.54 Å². The molecule has 0 aliphatic rings. The van der Waals surface area contributed by atoms with Gasteiger partial charge in [0.2, 0.25) is 10.0 Å². The molecule has 0 aliphatic heterocycles. The van der Waals surface area contributed by atoms with E-state index >= 15 is 0 Å². The molecule has 114 valence electrons. The first-order valence-electron chi connectivity index (χ1n) is 6.79. The largest absolute Gasteiger partial charge is 0.394 e. The first-order valence-corrected chi connectivity index (χ1v) is 8.27. The quantitative estimate of drug-likeness (QED) is 0.706. The lowest BCUT2D eigenvalue weighted by Gasteiger charge is -2.05. The second-order valence-corrected chi connectivity index (χ2v) is 6.42. The lowest BCUT2D eigenvalue weighted by Crippen LogP contribution is -2.24. The molecule has 6 nitrogen and oxygen atoms in total. The highest BCUT2D eigenvalue weighted by atomic mass is 32.2. The van der Waals surface area contributed by atoms with Gasteiger partial charge in [-0.05, 0) is 18.4 Å². The van der Waals surface area contributed by atoms with E-state index in [9.17, 15) is 8.42 Å². The number of nitrogens with one attached hydrogen (secondary N) is 1. The number of sulfonamides is 1. The molecular weight excluding hydrogens is 290 g/mol. The Balaban J connectivity index is 1.83. The smallest absolute Gasteiger partial charge is 0.243 e. The zero-order valence-electron chi connectivity index (χ0n) is 11.6. The lowest BCUT2D eigenvalue weighted by molar-refractivity contribution is 0.269. The molecule has 0 fully saturated rings. The van der Waals surface area contributed by atoms with Gasteiger partial charge in [-0.2, -0.15) is 5.10 Å². The minimum absolute atomic E-state index is 0.0777. The Morgan fingerprint density at radius 3 is 2.71 bits per heavy atom. The summed E-state index contributed by atoms with van der Waals surface area (Å²) in [5.74, 6) is 0. The number of hydrogen-bond donors (Lipinski definition) is 2. The summed E-state index contributed by atoms with van der Waals surface area (Å²) in [7, 11) is -3.53. The molecule has 21 heavy (non-hydrogen) atoms. The van der Waals surface area contributed by atoms with Crippen LogP contribution >= 0.6 is 0 Å². The Labute approximate surface area is 124 Å². The molecule has 2 aromatic rings. The van der Waals surface area contributed by atoms with Crippen LogP contribution in [0.2, 0.25) is 0 Å². The molecule has 2 N–H and O–H groups in total. The third-order valence-electron chi connectivity index (χ3n) is 3.03. The first-order chi connectivity index (χ1) is 10.1. The summed E-state index contributed by atoms with van der Waals surface area (Å²) in [6.07, 6.45) is 4.26. The van der Waals surface area contributed by atoms with Crippen molar-refractivity contribution in [2.45, 2.75) is 24.3 Å². The van der Waals surface area contributed by atoms with E-state index in [0.717, 1.165) is 12.8 Å². The van der Waals surface area contributed by atoms with Crippen LogP contribution in [0.1, 0.15) is 12.0 Å². The van der Waals surface area contributed by atoms with Gasteiger partial charge in [0.1, 0.15) is 4.90 Å². The van der Waals surface area contributed by atoms with Gasteiger partial charge in [0.15, 0.2) is 0 Å². The molecule has 1 heterocycles. The number of aliphatic hydroxyl groups is 1. The van der Waals surface area contributed by atoms with Gasteiger partial charge in [-0.1, -0.05) is 30.3 Å². The standard InChI is InChI=1S/C14H19N3O3S/c18-10-9-17-12-14(11-15-17)21(19,20)16-8-4-7-13-5-2-1-3-6-13/h1-3,5-6,11-12,16,18H,4,7-10H2. The van der Waals surface area contributed by atoms with Crippen LogP contribution in [0.4, 0.5) is 0 Å². The SMILES string of the molecule is O=S(=O)(NCCCc1ccccc1)c1cnn(CCO)c1. The number of aryl methyl sites for hydroxylation is 1. The fourth-order valence-electron chi connectivity index (χ4n) is 1.94. The van der Waals surface area contributed by atoms with E-state index in [1.807, 2.05) is 30.3 Å². The van der Waals surface area contributed by atoms with Crippen molar-refractivity contribution in [1.82, 2.24) is 14.5 Å². The number of hydrogen-bond acceptors (Lipinski definition) is 4. The monoisotopic (exact) mass is 309 g/mol. The van der Waals surface area contributed by atoms with Crippen molar-refractivity contribution in [1.29, 1.82) is 0 Å². The molecular formula is C14H19N3O3S. The van der Waals surface area contributed by atoms with Crippen molar-refractivity contribution in [2.24, 2.45) is 0 Å². The summed E-state index contributed by atoms with van der Waals surface area (Å²) < 4.78 is 28.0. The molecule has 0 spiro atoms. The fraction of sp³-hybridized carbons (Fsp3) is 0.357. The average molecular weight is 309 g/mol. The van der Waals surface area contributed by atoms with E-state index in [1.165, 1.54) is 22.6 Å². The van der Waals surface area contributed by atoms with Gasteiger partial charge >= 0.3 is 0 Å². The van der Waals surface area contributed by atoms with E-state index in [1.54, 1.807) is 0 Å². The third-order valence-corrected chi connectivity index (χ3v) is 4.44. The molecule has 0 bridgehead atoms. The Morgan fingerprint density at radius 2 is 2.00 bits per heavy atom. The Kier molecular flexibility index (Phi) is 5.49. The number of aromatic nitrogens is 2. The topological polar surface area (TPSA) is 84.2 Å². The molecule has 0 aliphatic carbocycles. The van der Waals surface area contributed by atoms with Gasteiger partial charge in [-0.3, -0.25) is 4.68 Å². The van der Waals surface area contributed by atoms with Crippen LogP contribution in [0.25, 0.3) is 0 Å². The summed E-state index contributed by atoms with van der Waals surface area (Å²) in [5, 5.41) is 12.7. The summed E-state index contributed by atoms with van der Waals surface area (Å²) >= 11 is 0. The minimum Gasteiger partial charge on any atom is -0.394 e. The van der Waals surface area contributed by atoms with E-state index < -0.39 is 10.0 Å². The van der Waals surface area contributed by atoms with Crippen molar-refractivity contribution in [3.63, 3.8) is 0 Å². The van der Waals surface area contributed by atoms with Gasteiger partial charge in [0.05, 0.1) is 19.3 Å². The maximum Gasteiger partial charge on any atom is 0.243 e. The van der Waals surface area contributed by atoms with Crippen molar-refractivity contribution in [3.8, 4) is 0 Å². The summed E-state index contributed by atoms with van der Waals surface area (Å²) in [5.41, 5.74) is 1.19. The first kappa shape index (κ1) is 15.7. The number of benzene rings is 1. The Hall–Kier alpha value is -1.70. The predicted octanol–water partition coefficient (Wildman–Crippen LogP) is 0.786. The predicted molar refractivity (Wildman–Crippen MR) is 79.3 cm³/mol. The zero-order chi connectivity index (χ0) is 15.1. The zero-order valence-corrected chi connectivity index (χ0v) is 12.5. The van der Waals surface area contributed by atoms with Crippen molar-refractivity contribution in [2.75, 3.05) is 13.2 Å². The van der Waals surface area contributed by atoms with Crippen LogP contribution in [-0.2, 0) is 23.0 Å². The highest BCUT2D eigenvalue weighted by Gasteiger charge is 2.15. The molecule has 2 rings (SSSR count). The molecule has 0 saturated carbocycles. The van der Waals surface area contributed by atoms with E-state index in [2.05, 4.69) is 9.82 Å². The molecule has 0 radical (unpaired) electrons. The normalized spacial score (nSPS) is 11.7. The number of aliphatic hydroxyl groups excluding tert-OH is 1. The molecule has 0 unspecified atom stereocenters. The van der Waals surface area contributed by atoms with Crippen LogP contribution < -0.4 is 4.72 Å². The van der Waals surface area contributed by atoms with Crippen molar-refractivity contribution >= 4 is 10.0 Å². The molecule has 0 atom stereocenters. The van der Waals surface area contributed by atoms with Crippen LogP contribution in [0, 0.1) is 0 Å². The maximum atomic E-state index is 12.0. The highest BCUT2D eigenvalue weighted by Crippen LogP contribution is 2.07. The Bertz CT molecular complexity index is 653. The molecule has 1 aromatic carbocycles. The second kappa shape index (κ2) is 7.35. The fourth-order valence-corrected chi connectivity index (χ4v) is 2.96. The molecule has 7 heteroatoms. The number of rotatable bonds is 8. The maximum absolute atomic E-state index is 12.0. The van der Waals surface area contributed by atoms with Crippen LogP contribution in [0.5, 0.6) is 0 Å². The van der Waals surface area contributed by atoms with Crippen LogP contribution in [-0.4, -0.2) is 36.5 Å². The summed E-state index contributed by atoms with van der Waals surface area (Å²) in [6.45, 7) is 0.581. The van der Waals surface area contributed by atoms with Gasteiger partial charge in [-0.25, -0.2) is 13.1 Å². The summed E-state index contributed by atoms with van der Waals surface area (Å²) in [6, 6.07) is 9.93. The van der Waals surface area contributed by atoms with Crippen LogP contribution in [0.3, 0.4) is 0 Å². The minimum atomic E-state index is -3.53. The highest BCUT2D eigenvalue weighted by molar-refractivity contribution is 7.89. The lowest BCUT2D eigenvalue weighted by atomic mass is 10.1. The Morgan fingerprint density at radius 1 is 1.24 bits per heavy atom. The third kappa shape index (κ3) is 4.66. The van der Waals surface area contributed by atoms with Gasteiger partial charge in [0, 0.05) is 12.7 Å². The van der Waals surface area contributed by atoms with Crippen LogP contribution in [0.15, 0.2) is 47.6 Å². The number of nitrogens with zero attached hydrogens (tertiary/aromatic N) is 2. The van der Waals surface area contributed by atoms with Gasteiger partial charge in [-0.15, -0.1) is 0 Å². The van der Waals surface area contributed by atoms with Gasteiger partial charge in [0.25, 0.3) is 0 Å². The molecule has 0 amide bonds. The second-order valence-electron chi connectivity index (χ2n) is 4.65. The molecule has 1 aromatic heterocycles. The van der Waals surface area contributed by atoms with Gasteiger partial charge < -0.3 is 5.11 Å². The molecule has 0 saturated heterocycles. The average Bonchev–Trinajstić information content (AvgIpc) is 2.95.